The fourth-order valence-electron chi connectivity index (χ4n) is 1.50. The van der Waals surface area contributed by atoms with Gasteiger partial charge in [-0.1, -0.05) is 6.07 Å². The van der Waals surface area contributed by atoms with Crippen molar-refractivity contribution in [1.29, 1.82) is 0 Å². The van der Waals surface area contributed by atoms with E-state index in [0.29, 0.717) is 5.69 Å². The molecule has 0 aliphatic rings. The molecule has 2 N–H and O–H groups in total. The summed E-state index contributed by atoms with van der Waals surface area (Å²) in [7, 11) is -3.82. The molecule has 106 valence electrons. The molecule has 1 aromatic carbocycles. The molecule has 1 aromatic heterocycles. The van der Waals surface area contributed by atoms with Crippen LogP contribution in [0.4, 0.5) is 15.8 Å². The first-order chi connectivity index (χ1) is 9.38. The van der Waals surface area contributed by atoms with E-state index in [-0.39, 0.29) is 15.8 Å². The van der Waals surface area contributed by atoms with Gasteiger partial charge in [0.2, 0.25) is 5.91 Å². The minimum Gasteiger partial charge on any atom is -0.326 e. The summed E-state index contributed by atoms with van der Waals surface area (Å²) >= 11 is 1.03. The lowest BCUT2D eigenvalue weighted by molar-refractivity contribution is -0.114. The molecule has 0 aliphatic heterocycles. The molecule has 0 saturated carbocycles. The van der Waals surface area contributed by atoms with E-state index in [1.807, 2.05) is 0 Å². The average Bonchev–Trinajstić information content (AvgIpc) is 2.87. The summed E-state index contributed by atoms with van der Waals surface area (Å²) in [6.45, 7) is 1.30. The predicted molar refractivity (Wildman–Crippen MR) is 75.8 cm³/mol. The van der Waals surface area contributed by atoms with E-state index < -0.39 is 15.8 Å². The van der Waals surface area contributed by atoms with Crippen LogP contribution in [0.1, 0.15) is 6.92 Å². The second kappa shape index (κ2) is 5.59. The molecule has 0 spiro atoms. The second-order valence-electron chi connectivity index (χ2n) is 3.91. The quantitative estimate of drug-likeness (QED) is 0.911. The van der Waals surface area contributed by atoms with Crippen LogP contribution in [0, 0.1) is 5.82 Å². The van der Waals surface area contributed by atoms with Gasteiger partial charge in [0.1, 0.15) is 10.0 Å². The third-order valence-corrected chi connectivity index (χ3v) is 5.05. The van der Waals surface area contributed by atoms with E-state index >= 15 is 0 Å². The summed E-state index contributed by atoms with van der Waals surface area (Å²) in [5.41, 5.74) is 0.0902. The molecule has 2 aromatic rings. The van der Waals surface area contributed by atoms with Gasteiger partial charge in [0.15, 0.2) is 0 Å². The largest absolute Gasteiger partial charge is 0.326 e. The Balaban J connectivity index is 2.31. The summed E-state index contributed by atoms with van der Waals surface area (Å²) < 4.78 is 39.9. The van der Waals surface area contributed by atoms with Gasteiger partial charge >= 0.3 is 0 Å². The van der Waals surface area contributed by atoms with Crippen molar-refractivity contribution in [2.45, 2.75) is 11.1 Å². The zero-order chi connectivity index (χ0) is 14.8. The molecular weight excluding hydrogens is 303 g/mol. The van der Waals surface area contributed by atoms with Gasteiger partial charge < -0.3 is 5.32 Å². The number of sulfonamides is 1. The van der Waals surface area contributed by atoms with Gasteiger partial charge in [0.25, 0.3) is 10.0 Å². The van der Waals surface area contributed by atoms with Crippen molar-refractivity contribution in [3.63, 3.8) is 0 Å². The molecule has 0 fully saturated rings. The van der Waals surface area contributed by atoms with E-state index in [9.17, 15) is 17.6 Å². The fourth-order valence-corrected chi connectivity index (χ4v) is 3.55. The molecule has 0 atom stereocenters. The molecule has 1 amide bonds. The van der Waals surface area contributed by atoms with Crippen molar-refractivity contribution in [3.05, 3.63) is 41.5 Å². The smallest absolute Gasteiger partial charge is 0.271 e. The zero-order valence-corrected chi connectivity index (χ0v) is 12.0. The number of halogens is 1. The molecule has 2 rings (SSSR count). The van der Waals surface area contributed by atoms with Gasteiger partial charge in [0.05, 0.1) is 5.69 Å². The molecule has 0 radical (unpaired) electrons. The summed E-state index contributed by atoms with van der Waals surface area (Å²) in [5, 5.41) is 4.06. The SMILES string of the molecule is CC(=O)Nc1ccc(F)c(NS(=O)(=O)c2cccs2)c1. The number of benzene rings is 1. The van der Waals surface area contributed by atoms with Crippen molar-refractivity contribution in [2.75, 3.05) is 10.0 Å². The number of rotatable bonds is 4. The van der Waals surface area contributed by atoms with Crippen molar-refractivity contribution in [2.24, 2.45) is 0 Å². The van der Waals surface area contributed by atoms with Crippen LogP contribution in [-0.4, -0.2) is 14.3 Å². The van der Waals surface area contributed by atoms with Crippen molar-refractivity contribution >= 4 is 38.6 Å². The molecule has 0 unspecified atom stereocenters. The maximum absolute atomic E-state index is 13.6. The van der Waals surface area contributed by atoms with E-state index in [1.165, 1.54) is 25.1 Å². The van der Waals surface area contributed by atoms with E-state index in [4.69, 9.17) is 0 Å². The van der Waals surface area contributed by atoms with Crippen LogP contribution < -0.4 is 10.0 Å². The summed E-state index contributed by atoms with van der Waals surface area (Å²) in [6.07, 6.45) is 0. The first-order valence-corrected chi connectivity index (χ1v) is 7.88. The molecule has 20 heavy (non-hydrogen) atoms. The van der Waals surface area contributed by atoms with Gasteiger partial charge in [-0.3, -0.25) is 9.52 Å². The Morgan fingerprint density at radius 3 is 2.65 bits per heavy atom. The molecule has 0 bridgehead atoms. The number of hydrogen-bond donors (Lipinski definition) is 2. The Morgan fingerprint density at radius 2 is 2.05 bits per heavy atom. The molecule has 8 heteroatoms. The molecule has 0 aliphatic carbocycles. The van der Waals surface area contributed by atoms with Crippen LogP contribution >= 0.6 is 11.3 Å². The number of carbonyl (C=O) groups excluding carboxylic acids is 1. The molecule has 1 heterocycles. The Labute approximate surface area is 119 Å². The number of carbonyl (C=O) groups is 1. The first-order valence-electron chi connectivity index (χ1n) is 5.52. The molecule has 0 saturated heterocycles. The van der Waals surface area contributed by atoms with Crippen LogP contribution in [0.2, 0.25) is 0 Å². The third kappa shape index (κ3) is 3.34. The minimum atomic E-state index is -3.82. The Kier molecular flexibility index (Phi) is 4.05. The van der Waals surface area contributed by atoms with Gasteiger partial charge in [-0.15, -0.1) is 11.3 Å². The standard InChI is InChI=1S/C12H11FN2O3S2/c1-8(16)14-9-4-5-10(13)11(7-9)15-20(17,18)12-3-2-6-19-12/h2-7,15H,1H3,(H,14,16). The number of amides is 1. The summed E-state index contributed by atoms with van der Waals surface area (Å²) in [6, 6.07) is 6.66. The van der Waals surface area contributed by atoms with E-state index in [0.717, 1.165) is 17.4 Å². The lowest BCUT2D eigenvalue weighted by Crippen LogP contribution is -2.13. The van der Waals surface area contributed by atoms with E-state index in [2.05, 4.69) is 10.0 Å². The highest BCUT2D eigenvalue weighted by Crippen LogP contribution is 2.24. The van der Waals surface area contributed by atoms with E-state index in [1.54, 1.807) is 11.4 Å². The van der Waals surface area contributed by atoms with Gasteiger partial charge in [-0.05, 0) is 29.6 Å². The van der Waals surface area contributed by atoms with Gasteiger partial charge in [-0.25, -0.2) is 12.8 Å². The van der Waals surface area contributed by atoms with Gasteiger partial charge in [-0.2, -0.15) is 0 Å². The predicted octanol–water partition coefficient (Wildman–Crippen LogP) is 2.65. The lowest BCUT2D eigenvalue weighted by Gasteiger charge is -2.09. The highest BCUT2D eigenvalue weighted by atomic mass is 32.2. The Morgan fingerprint density at radius 1 is 1.30 bits per heavy atom. The number of hydrogen-bond acceptors (Lipinski definition) is 4. The number of thiophene rings is 1. The number of anilines is 2. The maximum Gasteiger partial charge on any atom is 0.271 e. The first kappa shape index (κ1) is 14.5. The second-order valence-corrected chi connectivity index (χ2v) is 6.77. The van der Waals surface area contributed by atoms with Crippen molar-refractivity contribution < 1.29 is 17.6 Å². The van der Waals surface area contributed by atoms with Crippen LogP contribution in [-0.2, 0) is 14.8 Å². The highest BCUT2D eigenvalue weighted by Gasteiger charge is 2.17. The minimum absolute atomic E-state index is 0.0850. The Hall–Kier alpha value is -1.93. The van der Waals surface area contributed by atoms with Gasteiger partial charge in [0, 0.05) is 12.6 Å². The topological polar surface area (TPSA) is 75.3 Å². The van der Waals surface area contributed by atoms with Crippen molar-refractivity contribution in [1.82, 2.24) is 0 Å². The summed E-state index contributed by atoms with van der Waals surface area (Å²) in [5.74, 6) is -1.05. The zero-order valence-electron chi connectivity index (χ0n) is 10.4. The third-order valence-electron chi connectivity index (χ3n) is 2.29. The van der Waals surface area contributed by atoms with Crippen LogP contribution in [0.5, 0.6) is 0 Å². The highest BCUT2D eigenvalue weighted by molar-refractivity contribution is 7.94. The lowest BCUT2D eigenvalue weighted by atomic mass is 10.2. The van der Waals surface area contributed by atoms with Crippen LogP contribution in [0.15, 0.2) is 39.9 Å². The van der Waals surface area contributed by atoms with Crippen LogP contribution in [0.3, 0.4) is 0 Å². The normalized spacial score (nSPS) is 11.1. The van der Waals surface area contributed by atoms with Crippen LogP contribution in [0.25, 0.3) is 0 Å². The Bertz CT molecular complexity index is 727. The molecular formula is C12H11FN2O3S2. The average molecular weight is 314 g/mol. The molecule has 5 nitrogen and oxygen atoms in total. The summed E-state index contributed by atoms with van der Waals surface area (Å²) in [4.78, 5) is 10.9. The maximum atomic E-state index is 13.6. The van der Waals surface area contributed by atoms with Crippen molar-refractivity contribution in [3.8, 4) is 0 Å². The number of nitrogens with one attached hydrogen (secondary N) is 2. The fraction of sp³-hybridized carbons (Fsp3) is 0.0833. The monoisotopic (exact) mass is 314 g/mol.